The van der Waals surface area contributed by atoms with Gasteiger partial charge in [0.15, 0.2) is 5.78 Å². The third kappa shape index (κ3) is 7.01. The highest BCUT2D eigenvalue weighted by molar-refractivity contribution is 8.23. The van der Waals surface area contributed by atoms with E-state index in [1.165, 1.54) is 18.2 Å². The summed E-state index contributed by atoms with van der Waals surface area (Å²) >= 11 is 6.26. The lowest BCUT2D eigenvalue weighted by molar-refractivity contribution is -0.139. The molecule has 0 saturated carbocycles. The van der Waals surface area contributed by atoms with Crippen molar-refractivity contribution in [1.29, 1.82) is 0 Å². The van der Waals surface area contributed by atoms with Gasteiger partial charge in [0.1, 0.15) is 16.2 Å². The van der Waals surface area contributed by atoms with Crippen LogP contribution in [0.15, 0.2) is 54.6 Å². The third-order valence-electron chi connectivity index (χ3n) is 4.31. The molecule has 3 rings (SSSR count). The topological polar surface area (TPSA) is 84.5 Å². The molecule has 2 aromatic rings. The van der Waals surface area contributed by atoms with Crippen molar-refractivity contribution in [2.45, 2.75) is 12.5 Å². The molecule has 0 aromatic heterocycles. The van der Waals surface area contributed by atoms with Crippen molar-refractivity contribution in [3.05, 3.63) is 71.6 Å². The lowest BCUT2D eigenvalue weighted by atomic mass is 10.1. The Morgan fingerprint density at radius 3 is 2.52 bits per heavy atom. The van der Waals surface area contributed by atoms with Gasteiger partial charge in [-0.3, -0.25) is 9.59 Å². The van der Waals surface area contributed by atoms with Gasteiger partial charge >= 0.3 is 5.97 Å². The Morgan fingerprint density at radius 2 is 1.87 bits per heavy atom. The van der Waals surface area contributed by atoms with Gasteiger partial charge in [0.25, 0.3) is 0 Å². The number of carbonyl (C=O) groups is 3. The molecule has 6 nitrogen and oxygen atoms in total. The number of thiocarbonyl (C=S) groups is 1. The average molecular weight is 459 g/mol. The number of benzene rings is 2. The molecule has 160 valence electrons. The molecule has 1 atom stereocenters. The van der Waals surface area contributed by atoms with E-state index >= 15 is 0 Å². The van der Waals surface area contributed by atoms with Gasteiger partial charge in [0.2, 0.25) is 5.91 Å². The first-order chi connectivity index (χ1) is 14.9. The summed E-state index contributed by atoms with van der Waals surface area (Å²) in [4.78, 5) is 35.8. The van der Waals surface area contributed by atoms with E-state index in [0.717, 1.165) is 11.8 Å². The third-order valence-corrected chi connectivity index (χ3v) is 5.57. The number of halogens is 1. The van der Waals surface area contributed by atoms with Crippen LogP contribution in [-0.2, 0) is 14.3 Å². The van der Waals surface area contributed by atoms with Crippen LogP contribution in [0.2, 0.25) is 0 Å². The zero-order valence-electron chi connectivity index (χ0n) is 16.3. The Labute approximate surface area is 188 Å². The zero-order valence-corrected chi connectivity index (χ0v) is 17.9. The lowest BCUT2D eigenvalue weighted by Gasteiger charge is -2.11. The number of rotatable bonds is 7. The van der Waals surface area contributed by atoms with Crippen molar-refractivity contribution >= 4 is 57.7 Å². The van der Waals surface area contributed by atoms with Crippen LogP contribution in [0.5, 0.6) is 0 Å². The number of hydrogen-bond acceptors (Lipinski definition) is 6. The van der Waals surface area contributed by atoms with Crippen LogP contribution in [0.25, 0.3) is 6.08 Å². The summed E-state index contributed by atoms with van der Waals surface area (Å²) < 4.78 is 18.1. The monoisotopic (exact) mass is 458 g/mol. The van der Waals surface area contributed by atoms with Crippen LogP contribution in [-0.4, -0.2) is 40.4 Å². The first-order valence-electron chi connectivity index (χ1n) is 9.38. The fourth-order valence-electron chi connectivity index (χ4n) is 2.70. The van der Waals surface area contributed by atoms with E-state index < -0.39 is 6.04 Å². The zero-order chi connectivity index (χ0) is 22.2. The van der Waals surface area contributed by atoms with Crippen molar-refractivity contribution in [2.75, 3.05) is 17.7 Å². The number of anilines is 1. The molecular weight excluding hydrogens is 439 g/mol. The molecule has 1 amide bonds. The fourth-order valence-corrected chi connectivity index (χ4v) is 3.58. The molecule has 0 radical (unpaired) electrons. The second-order valence-corrected chi connectivity index (χ2v) is 8.26. The van der Waals surface area contributed by atoms with Crippen molar-refractivity contribution in [3.8, 4) is 0 Å². The molecule has 0 spiro atoms. The predicted molar refractivity (Wildman–Crippen MR) is 122 cm³/mol. The van der Waals surface area contributed by atoms with E-state index in [-0.39, 0.29) is 29.2 Å². The number of thioether (sulfide) groups is 1. The maximum Gasteiger partial charge on any atom is 0.328 e. The molecule has 31 heavy (non-hydrogen) atoms. The highest BCUT2D eigenvalue weighted by atomic mass is 32.2. The highest BCUT2D eigenvalue weighted by Crippen LogP contribution is 2.14. The Morgan fingerprint density at radius 1 is 1.16 bits per heavy atom. The molecule has 1 aliphatic heterocycles. The second-order valence-electron chi connectivity index (χ2n) is 6.60. The molecule has 0 aliphatic carbocycles. The Hall–Kier alpha value is -3.04. The number of amides is 1. The van der Waals surface area contributed by atoms with Crippen molar-refractivity contribution in [2.24, 2.45) is 0 Å². The van der Waals surface area contributed by atoms with Crippen LogP contribution < -0.4 is 10.6 Å². The smallest absolute Gasteiger partial charge is 0.328 e. The van der Waals surface area contributed by atoms with Crippen molar-refractivity contribution in [1.82, 2.24) is 5.32 Å². The number of hydrogen-bond donors (Lipinski definition) is 2. The highest BCUT2D eigenvalue weighted by Gasteiger charge is 2.27. The van der Waals surface area contributed by atoms with Gasteiger partial charge in [-0.25, -0.2) is 9.18 Å². The maximum atomic E-state index is 12.9. The number of ether oxygens (including phenoxy) is 1. The maximum absolute atomic E-state index is 12.9. The summed E-state index contributed by atoms with van der Waals surface area (Å²) in [5.41, 5.74) is 1.72. The molecular formula is C22H19FN2O4S2. The Balaban J connectivity index is 1.45. The number of nitrogens with one attached hydrogen (secondary N) is 2. The summed E-state index contributed by atoms with van der Waals surface area (Å²) in [7, 11) is 0. The molecule has 1 aliphatic rings. The standard InChI is InChI=1S/C22H19FN2O4S2/c23-16-6-1-14(2-7-16)3-10-19(26)15-4-8-17(9-5-15)24-20(27)13-31-22(30)25-18-11-12-29-21(18)28/h1-10,18H,11-13H2,(H,24,27)(H,25,30)/b10-3+/t18-/m0/s1. The van der Waals surface area contributed by atoms with Gasteiger partial charge in [0, 0.05) is 17.7 Å². The Kier molecular flexibility index (Phi) is 7.91. The van der Waals surface area contributed by atoms with E-state index in [1.54, 1.807) is 42.5 Å². The molecule has 0 unspecified atom stereocenters. The number of ketones is 1. The molecule has 0 bridgehead atoms. The normalized spacial score (nSPS) is 15.5. The van der Waals surface area contributed by atoms with Crippen LogP contribution in [0.4, 0.5) is 10.1 Å². The second kappa shape index (κ2) is 10.8. The summed E-state index contributed by atoms with van der Waals surface area (Å²) in [6, 6.07) is 11.8. The minimum atomic E-state index is -0.453. The predicted octanol–water partition coefficient (Wildman–Crippen LogP) is 3.58. The molecule has 9 heteroatoms. The summed E-state index contributed by atoms with van der Waals surface area (Å²) in [6.07, 6.45) is 3.57. The van der Waals surface area contributed by atoms with Crippen LogP contribution >= 0.6 is 24.0 Å². The summed E-state index contributed by atoms with van der Waals surface area (Å²) in [5, 5.41) is 5.60. The van der Waals surface area contributed by atoms with E-state index in [2.05, 4.69) is 10.6 Å². The van der Waals surface area contributed by atoms with Crippen LogP contribution in [0, 0.1) is 5.82 Å². The van der Waals surface area contributed by atoms with Crippen molar-refractivity contribution in [3.63, 3.8) is 0 Å². The number of cyclic esters (lactones) is 1. The number of esters is 1. The molecule has 2 aromatic carbocycles. The van der Waals surface area contributed by atoms with E-state index in [0.29, 0.717) is 34.2 Å². The van der Waals surface area contributed by atoms with E-state index in [1.807, 2.05) is 0 Å². The van der Waals surface area contributed by atoms with Gasteiger partial charge in [-0.15, -0.1) is 0 Å². The van der Waals surface area contributed by atoms with Gasteiger partial charge in [-0.1, -0.05) is 42.2 Å². The molecule has 1 saturated heterocycles. The van der Waals surface area contributed by atoms with E-state index in [4.69, 9.17) is 17.0 Å². The largest absolute Gasteiger partial charge is 0.464 e. The fraction of sp³-hybridized carbons (Fsp3) is 0.182. The first kappa shape index (κ1) is 22.6. The molecule has 2 N–H and O–H groups in total. The first-order valence-corrected chi connectivity index (χ1v) is 10.8. The number of carbonyl (C=O) groups excluding carboxylic acids is 3. The minimum Gasteiger partial charge on any atom is -0.464 e. The van der Waals surface area contributed by atoms with Crippen LogP contribution in [0.1, 0.15) is 22.3 Å². The quantitative estimate of drug-likeness (QED) is 0.284. The van der Waals surface area contributed by atoms with Gasteiger partial charge < -0.3 is 15.4 Å². The lowest BCUT2D eigenvalue weighted by Crippen LogP contribution is -2.36. The average Bonchev–Trinajstić information content (AvgIpc) is 3.16. The Bertz CT molecular complexity index is 1010. The summed E-state index contributed by atoms with van der Waals surface area (Å²) in [6.45, 7) is 0.366. The van der Waals surface area contributed by atoms with Gasteiger partial charge in [0.05, 0.1) is 12.4 Å². The molecule has 1 heterocycles. The van der Waals surface area contributed by atoms with Crippen molar-refractivity contribution < 1.29 is 23.5 Å². The van der Waals surface area contributed by atoms with E-state index in [9.17, 15) is 18.8 Å². The van der Waals surface area contributed by atoms with Crippen LogP contribution in [0.3, 0.4) is 0 Å². The van der Waals surface area contributed by atoms with Gasteiger partial charge in [-0.05, 0) is 48.0 Å². The SMILES string of the molecule is O=C(CSC(=S)N[C@H]1CCOC1=O)Nc1ccc(C(=O)/C=C/c2ccc(F)cc2)cc1. The molecule has 1 fully saturated rings. The summed E-state index contributed by atoms with van der Waals surface area (Å²) in [5.74, 6) is -1.07. The van der Waals surface area contributed by atoms with Gasteiger partial charge in [-0.2, -0.15) is 0 Å². The number of allylic oxidation sites excluding steroid dienone is 1. The minimum absolute atomic E-state index is 0.0781.